The first kappa shape index (κ1) is 37.6. The van der Waals surface area contributed by atoms with Gasteiger partial charge in [-0.15, -0.1) is 0 Å². The number of aromatic nitrogens is 4. The van der Waals surface area contributed by atoms with Gasteiger partial charge >= 0.3 is 12.2 Å². The van der Waals surface area contributed by atoms with Gasteiger partial charge in [-0.3, -0.25) is 9.59 Å². The van der Waals surface area contributed by atoms with Gasteiger partial charge in [-0.25, -0.2) is 19.6 Å². The monoisotopic (exact) mass is 750 g/mol. The Balaban J connectivity index is 1.00. The van der Waals surface area contributed by atoms with E-state index in [9.17, 15) is 19.2 Å². The Morgan fingerprint density at radius 3 is 1.67 bits per heavy atom. The van der Waals surface area contributed by atoms with E-state index in [0.29, 0.717) is 25.9 Å². The second-order valence-electron chi connectivity index (χ2n) is 15.1. The van der Waals surface area contributed by atoms with Crippen LogP contribution in [0.15, 0.2) is 60.9 Å². The van der Waals surface area contributed by atoms with Crippen LogP contribution in [0.2, 0.25) is 0 Å². The Bertz CT molecular complexity index is 2000. The molecule has 4 N–H and O–H groups in total. The van der Waals surface area contributed by atoms with Gasteiger partial charge in [-0.1, -0.05) is 75.2 Å². The van der Waals surface area contributed by atoms with E-state index < -0.39 is 23.8 Å². The second kappa shape index (κ2) is 16.0. The number of likely N-dealkylation sites (tertiary alicyclic amines) is 2. The molecule has 0 spiro atoms. The third-order valence-electron chi connectivity index (χ3n) is 11.4. The largest absolute Gasteiger partial charge is 0.453 e. The van der Waals surface area contributed by atoms with Gasteiger partial charge in [0.25, 0.3) is 0 Å². The van der Waals surface area contributed by atoms with Crippen LogP contribution >= 0.6 is 0 Å². The van der Waals surface area contributed by atoms with Gasteiger partial charge in [-0.05, 0) is 66.7 Å². The molecule has 0 bridgehead atoms. The molecule has 3 atom stereocenters. The van der Waals surface area contributed by atoms with Crippen molar-refractivity contribution in [3.63, 3.8) is 0 Å². The highest BCUT2D eigenvalue weighted by Crippen LogP contribution is 2.39. The van der Waals surface area contributed by atoms with E-state index in [1.807, 2.05) is 29.8 Å². The van der Waals surface area contributed by atoms with Gasteiger partial charge in [0, 0.05) is 13.1 Å². The highest BCUT2D eigenvalue weighted by atomic mass is 16.5. The summed E-state index contributed by atoms with van der Waals surface area (Å²) in [7, 11) is 2.61. The van der Waals surface area contributed by atoms with Crippen molar-refractivity contribution in [2.45, 2.75) is 88.9 Å². The number of methoxy groups -OCH3 is 2. The number of carbonyl (C=O) groups excluding carboxylic acids is 4. The topological polar surface area (TPSA) is 175 Å². The van der Waals surface area contributed by atoms with Gasteiger partial charge in [0.15, 0.2) is 0 Å². The maximum Gasteiger partial charge on any atom is 0.407 e. The summed E-state index contributed by atoms with van der Waals surface area (Å²) in [5.74, 6) is 1.17. The lowest BCUT2D eigenvalue weighted by Crippen LogP contribution is -2.58. The van der Waals surface area contributed by atoms with Crippen LogP contribution in [0.1, 0.15) is 88.9 Å². The van der Waals surface area contributed by atoms with Gasteiger partial charge in [-0.2, -0.15) is 0 Å². The van der Waals surface area contributed by atoms with Gasteiger partial charge in [0.2, 0.25) is 11.8 Å². The van der Waals surface area contributed by atoms with E-state index in [-0.39, 0.29) is 29.8 Å². The van der Waals surface area contributed by atoms with Gasteiger partial charge in [0.1, 0.15) is 23.2 Å². The molecule has 2 saturated heterocycles. The van der Waals surface area contributed by atoms with Crippen molar-refractivity contribution in [1.82, 2.24) is 40.4 Å². The van der Waals surface area contributed by atoms with Crippen molar-refractivity contribution < 1.29 is 28.7 Å². The molecule has 14 heteroatoms. The number of H-pyrrole nitrogens is 2. The van der Waals surface area contributed by atoms with Crippen molar-refractivity contribution >= 4 is 24.0 Å². The molecule has 4 heterocycles. The van der Waals surface area contributed by atoms with E-state index in [1.165, 1.54) is 14.2 Å². The van der Waals surface area contributed by atoms with E-state index in [4.69, 9.17) is 14.5 Å². The number of hydrogen-bond acceptors (Lipinski definition) is 8. The molecule has 3 aliphatic rings. The molecule has 4 aromatic rings. The first-order valence-electron chi connectivity index (χ1n) is 19.2. The van der Waals surface area contributed by atoms with E-state index in [0.717, 1.165) is 83.8 Å². The summed E-state index contributed by atoms with van der Waals surface area (Å²) >= 11 is 0. The minimum absolute atomic E-state index is 0.0576. The molecule has 0 unspecified atom stereocenters. The van der Waals surface area contributed by atoms with E-state index in [2.05, 4.69) is 74.1 Å². The van der Waals surface area contributed by atoms with E-state index >= 15 is 0 Å². The molecule has 1 saturated carbocycles. The Kier molecular flexibility index (Phi) is 10.9. The average molecular weight is 751 g/mol. The molecule has 7 rings (SSSR count). The summed E-state index contributed by atoms with van der Waals surface area (Å²) in [5, 5.41) is 5.56. The normalized spacial score (nSPS) is 19.7. The molecular weight excluding hydrogens is 701 g/mol. The fraction of sp³-hybridized carbons (Fsp3) is 0.463. The standard InChI is InChI=1S/C41H50N8O6/c1-25(2)34(46-39(52)54-3)37(50)48-21-7-9-32(48)35-42-23-30(44-35)28-15-11-26(12-16-28)27-13-17-29(18-14-27)31-24-43-36(45-31)33-10-8-22-49(33)38(51)41(19-5-6-20-41)47-40(53)55-4/h11-18,23-25,32-34H,5-10,19-22H2,1-4H3,(H,42,44)(H,43,45)(H,46,52)(H,47,53)/t32-,33-,34-/m0/s1. The number of ether oxygens (including phenoxy) is 2. The Morgan fingerprint density at radius 1 is 0.709 bits per heavy atom. The van der Waals surface area contributed by atoms with Crippen LogP contribution < -0.4 is 10.6 Å². The SMILES string of the molecule is COC(=O)N[C@H](C(=O)N1CCC[C@H]1c1ncc(-c2ccc(-c3ccc(-c4cnc([C@@H]5CCCN5C(=O)C5(NC(=O)OC)CCCC5)[nH]4)cc3)cc2)[nH]1)C(C)C. The van der Waals surface area contributed by atoms with Gasteiger partial charge in [0.05, 0.1) is 50.1 Å². The highest BCUT2D eigenvalue weighted by Gasteiger charge is 2.48. The second-order valence-corrected chi connectivity index (χ2v) is 15.1. The summed E-state index contributed by atoms with van der Waals surface area (Å²) in [5.41, 5.74) is 4.90. The molecule has 4 amide bonds. The number of amides is 4. The van der Waals surface area contributed by atoms with Crippen molar-refractivity contribution in [2.75, 3.05) is 27.3 Å². The molecule has 290 valence electrons. The predicted octanol–water partition coefficient (Wildman–Crippen LogP) is 6.51. The number of alkyl carbamates (subject to hydrolysis) is 2. The summed E-state index contributed by atoms with van der Waals surface area (Å²) < 4.78 is 9.61. The van der Waals surface area contributed by atoms with Crippen LogP contribution in [0, 0.1) is 5.92 Å². The zero-order valence-corrected chi connectivity index (χ0v) is 31.9. The van der Waals surface area contributed by atoms with E-state index in [1.54, 1.807) is 6.20 Å². The molecule has 14 nitrogen and oxygen atoms in total. The summed E-state index contributed by atoms with van der Waals surface area (Å²) in [4.78, 5) is 71.5. The Hall–Kier alpha value is -5.66. The first-order valence-corrected chi connectivity index (χ1v) is 19.2. The molecule has 0 radical (unpaired) electrons. The summed E-state index contributed by atoms with van der Waals surface area (Å²) in [6.45, 7) is 5.02. The van der Waals surface area contributed by atoms with Crippen LogP contribution in [0.5, 0.6) is 0 Å². The van der Waals surface area contributed by atoms with Crippen LogP contribution in [0.4, 0.5) is 9.59 Å². The molecule has 2 aromatic carbocycles. The lowest BCUT2D eigenvalue weighted by Gasteiger charge is -2.35. The zero-order valence-electron chi connectivity index (χ0n) is 31.9. The quantitative estimate of drug-likeness (QED) is 0.142. The van der Waals surface area contributed by atoms with Crippen LogP contribution in [-0.4, -0.2) is 92.6 Å². The molecular formula is C41H50N8O6. The van der Waals surface area contributed by atoms with Crippen molar-refractivity contribution in [3.05, 3.63) is 72.6 Å². The Morgan fingerprint density at radius 2 is 1.18 bits per heavy atom. The lowest BCUT2D eigenvalue weighted by molar-refractivity contribution is -0.139. The lowest BCUT2D eigenvalue weighted by atomic mass is 9.95. The van der Waals surface area contributed by atoms with Crippen molar-refractivity contribution in [2.24, 2.45) is 5.92 Å². The van der Waals surface area contributed by atoms with Crippen LogP contribution in [0.25, 0.3) is 33.6 Å². The maximum absolute atomic E-state index is 13.9. The van der Waals surface area contributed by atoms with Crippen LogP contribution in [0.3, 0.4) is 0 Å². The number of rotatable bonds is 10. The number of carbonyl (C=O) groups is 4. The number of aromatic amines is 2. The maximum atomic E-state index is 13.9. The fourth-order valence-corrected chi connectivity index (χ4v) is 8.37. The minimum Gasteiger partial charge on any atom is -0.453 e. The van der Waals surface area contributed by atoms with Crippen molar-refractivity contribution in [3.8, 4) is 33.6 Å². The third-order valence-corrected chi connectivity index (χ3v) is 11.4. The Labute approximate surface area is 320 Å². The van der Waals surface area contributed by atoms with Crippen LogP contribution in [-0.2, 0) is 19.1 Å². The zero-order chi connectivity index (χ0) is 38.7. The number of imidazole rings is 2. The molecule has 55 heavy (non-hydrogen) atoms. The number of nitrogens with zero attached hydrogens (tertiary/aromatic N) is 4. The molecule has 2 aliphatic heterocycles. The first-order chi connectivity index (χ1) is 26.6. The predicted molar refractivity (Wildman–Crippen MR) is 205 cm³/mol. The number of benzene rings is 2. The number of hydrogen-bond donors (Lipinski definition) is 4. The minimum atomic E-state index is -0.927. The number of nitrogens with one attached hydrogen (secondary N) is 4. The highest BCUT2D eigenvalue weighted by molar-refractivity contribution is 5.91. The fourth-order valence-electron chi connectivity index (χ4n) is 8.37. The average Bonchev–Trinajstić information content (AvgIpc) is 4.06. The summed E-state index contributed by atoms with van der Waals surface area (Å²) in [6, 6.07) is 15.5. The molecule has 3 fully saturated rings. The van der Waals surface area contributed by atoms with Gasteiger partial charge < -0.3 is 39.9 Å². The molecule has 1 aliphatic carbocycles. The summed E-state index contributed by atoms with van der Waals surface area (Å²) in [6.07, 6.45) is 8.70. The van der Waals surface area contributed by atoms with Crippen molar-refractivity contribution in [1.29, 1.82) is 0 Å². The smallest absolute Gasteiger partial charge is 0.407 e. The molecule has 2 aromatic heterocycles. The third kappa shape index (κ3) is 7.67.